The van der Waals surface area contributed by atoms with Crippen LogP contribution in [0, 0.1) is 0 Å². The molecule has 6 heteroatoms. The summed E-state index contributed by atoms with van der Waals surface area (Å²) in [5, 5.41) is 2.75. The van der Waals surface area contributed by atoms with Crippen LogP contribution < -0.4 is 5.32 Å². The van der Waals surface area contributed by atoms with Gasteiger partial charge in [-0.3, -0.25) is 9.59 Å². The van der Waals surface area contributed by atoms with Crippen LogP contribution >= 0.6 is 15.9 Å². The number of amides is 2. The molecule has 1 unspecified atom stereocenters. The third kappa shape index (κ3) is 4.69. The molecule has 2 aromatic rings. The van der Waals surface area contributed by atoms with Crippen molar-refractivity contribution in [1.29, 1.82) is 0 Å². The van der Waals surface area contributed by atoms with Gasteiger partial charge in [-0.15, -0.1) is 0 Å². The van der Waals surface area contributed by atoms with Crippen LogP contribution in [0.2, 0.25) is 0 Å². The fourth-order valence-corrected chi connectivity index (χ4v) is 2.36. The fraction of sp³-hybridized carbons (Fsp3) is 0.294. The molecule has 0 radical (unpaired) electrons. The van der Waals surface area contributed by atoms with Crippen molar-refractivity contribution in [2.45, 2.75) is 19.4 Å². The number of rotatable bonds is 6. The highest BCUT2D eigenvalue weighted by Crippen LogP contribution is 2.19. The summed E-state index contributed by atoms with van der Waals surface area (Å²) in [6, 6.07) is 10.6. The summed E-state index contributed by atoms with van der Waals surface area (Å²) in [7, 11) is 1.73. The molecule has 23 heavy (non-hydrogen) atoms. The SMILES string of the molecule is CC(c1ccco1)N(C)C(=O)CCNC(=O)c1ccc(Br)cc1. The van der Waals surface area contributed by atoms with E-state index in [1.807, 2.05) is 13.0 Å². The van der Waals surface area contributed by atoms with E-state index in [0.717, 1.165) is 10.2 Å². The number of nitrogens with zero attached hydrogens (tertiary/aromatic N) is 1. The summed E-state index contributed by atoms with van der Waals surface area (Å²) in [5.74, 6) is 0.497. The van der Waals surface area contributed by atoms with Gasteiger partial charge >= 0.3 is 0 Å². The number of nitrogens with one attached hydrogen (secondary N) is 1. The second-order valence-corrected chi connectivity index (χ2v) is 6.12. The zero-order chi connectivity index (χ0) is 16.8. The molecule has 0 aliphatic carbocycles. The monoisotopic (exact) mass is 378 g/mol. The third-order valence-corrected chi connectivity index (χ3v) is 4.19. The number of hydrogen-bond acceptors (Lipinski definition) is 3. The lowest BCUT2D eigenvalue weighted by atomic mass is 10.2. The van der Waals surface area contributed by atoms with Gasteiger partial charge in [0, 0.05) is 30.0 Å². The Morgan fingerprint density at radius 2 is 1.96 bits per heavy atom. The first-order valence-corrected chi connectivity index (χ1v) is 8.11. The summed E-state index contributed by atoms with van der Waals surface area (Å²) in [6.45, 7) is 2.19. The van der Waals surface area contributed by atoms with Crippen LogP contribution in [0.25, 0.3) is 0 Å². The largest absolute Gasteiger partial charge is 0.467 e. The number of halogens is 1. The van der Waals surface area contributed by atoms with Crippen LogP contribution in [0.3, 0.4) is 0 Å². The topological polar surface area (TPSA) is 62.6 Å². The molecule has 1 atom stereocenters. The van der Waals surface area contributed by atoms with Crippen molar-refractivity contribution in [3.63, 3.8) is 0 Å². The minimum absolute atomic E-state index is 0.0509. The van der Waals surface area contributed by atoms with Crippen LogP contribution in [0.1, 0.15) is 35.5 Å². The number of benzene rings is 1. The Kier molecular flexibility index (Phi) is 5.98. The molecular weight excluding hydrogens is 360 g/mol. The third-order valence-electron chi connectivity index (χ3n) is 3.66. The molecule has 2 rings (SSSR count). The van der Waals surface area contributed by atoms with Gasteiger partial charge in [0.2, 0.25) is 5.91 Å². The van der Waals surface area contributed by atoms with Crippen molar-refractivity contribution >= 4 is 27.7 Å². The average molecular weight is 379 g/mol. The van der Waals surface area contributed by atoms with Gasteiger partial charge < -0.3 is 14.6 Å². The Bertz CT molecular complexity index is 653. The lowest BCUT2D eigenvalue weighted by molar-refractivity contribution is -0.131. The van der Waals surface area contributed by atoms with Gasteiger partial charge in [0.05, 0.1) is 12.3 Å². The van der Waals surface area contributed by atoms with Gasteiger partial charge in [-0.2, -0.15) is 0 Å². The maximum atomic E-state index is 12.2. The van der Waals surface area contributed by atoms with E-state index < -0.39 is 0 Å². The lowest BCUT2D eigenvalue weighted by Crippen LogP contribution is -2.33. The predicted octanol–water partition coefficient (Wildman–Crippen LogP) is 3.38. The first-order valence-electron chi connectivity index (χ1n) is 7.32. The molecule has 5 nitrogen and oxygen atoms in total. The summed E-state index contributed by atoms with van der Waals surface area (Å²) in [5.41, 5.74) is 0.568. The molecule has 1 aromatic heterocycles. The predicted molar refractivity (Wildman–Crippen MR) is 91.0 cm³/mol. The molecule has 1 N–H and O–H groups in total. The lowest BCUT2D eigenvalue weighted by Gasteiger charge is -2.23. The van der Waals surface area contributed by atoms with E-state index in [0.29, 0.717) is 12.1 Å². The highest BCUT2D eigenvalue weighted by molar-refractivity contribution is 9.10. The Labute approximate surface area is 143 Å². The second-order valence-electron chi connectivity index (χ2n) is 5.21. The first kappa shape index (κ1) is 17.3. The molecule has 0 spiro atoms. The van der Waals surface area contributed by atoms with E-state index >= 15 is 0 Å². The van der Waals surface area contributed by atoms with Crippen molar-refractivity contribution in [1.82, 2.24) is 10.2 Å². The summed E-state index contributed by atoms with van der Waals surface area (Å²) in [6.07, 6.45) is 1.83. The standard InChI is InChI=1S/C17H19BrN2O3/c1-12(15-4-3-11-23-15)20(2)16(21)9-10-19-17(22)13-5-7-14(18)8-6-13/h3-8,11-12H,9-10H2,1-2H3,(H,19,22). The number of carbonyl (C=O) groups excluding carboxylic acids is 2. The molecule has 1 aromatic carbocycles. The molecule has 0 aliphatic heterocycles. The van der Waals surface area contributed by atoms with Gasteiger partial charge in [0.15, 0.2) is 0 Å². The average Bonchev–Trinajstić information content (AvgIpc) is 3.08. The highest BCUT2D eigenvalue weighted by atomic mass is 79.9. The molecule has 0 fully saturated rings. The second kappa shape index (κ2) is 7.97. The van der Waals surface area contributed by atoms with Crippen molar-refractivity contribution in [3.8, 4) is 0 Å². The maximum absolute atomic E-state index is 12.2. The molecule has 0 saturated carbocycles. The molecular formula is C17H19BrN2O3. The quantitative estimate of drug-likeness (QED) is 0.837. The van der Waals surface area contributed by atoms with Gasteiger partial charge in [0.25, 0.3) is 5.91 Å². The Balaban J connectivity index is 1.80. The van der Waals surface area contributed by atoms with Crippen molar-refractivity contribution in [2.75, 3.05) is 13.6 Å². The fourth-order valence-electron chi connectivity index (χ4n) is 2.10. The van der Waals surface area contributed by atoms with Crippen molar-refractivity contribution in [2.24, 2.45) is 0 Å². The Morgan fingerprint density at radius 3 is 2.57 bits per heavy atom. The van der Waals surface area contributed by atoms with E-state index in [2.05, 4.69) is 21.2 Å². The highest BCUT2D eigenvalue weighted by Gasteiger charge is 2.19. The van der Waals surface area contributed by atoms with Crippen molar-refractivity contribution < 1.29 is 14.0 Å². The molecule has 1 heterocycles. The Hall–Kier alpha value is -2.08. The normalized spacial score (nSPS) is 11.8. The van der Waals surface area contributed by atoms with Crippen LogP contribution in [0.5, 0.6) is 0 Å². The van der Waals surface area contributed by atoms with Crippen LogP contribution in [0.4, 0.5) is 0 Å². The van der Waals surface area contributed by atoms with Crippen LogP contribution in [-0.4, -0.2) is 30.3 Å². The Morgan fingerprint density at radius 1 is 1.26 bits per heavy atom. The maximum Gasteiger partial charge on any atom is 0.251 e. The number of furan rings is 1. The van der Waals surface area contributed by atoms with Crippen LogP contribution in [0.15, 0.2) is 51.6 Å². The van der Waals surface area contributed by atoms with Gasteiger partial charge in [-0.05, 0) is 43.3 Å². The van der Waals surface area contributed by atoms with E-state index in [-0.39, 0.29) is 24.3 Å². The smallest absolute Gasteiger partial charge is 0.251 e. The number of hydrogen-bond donors (Lipinski definition) is 1. The van der Waals surface area contributed by atoms with Crippen LogP contribution in [-0.2, 0) is 4.79 Å². The van der Waals surface area contributed by atoms with E-state index in [1.54, 1.807) is 48.5 Å². The zero-order valence-electron chi connectivity index (χ0n) is 13.1. The summed E-state index contributed by atoms with van der Waals surface area (Å²) < 4.78 is 6.22. The molecule has 0 saturated heterocycles. The first-order chi connectivity index (χ1) is 11.0. The molecule has 122 valence electrons. The summed E-state index contributed by atoms with van der Waals surface area (Å²) in [4.78, 5) is 25.7. The molecule has 0 aliphatic rings. The van der Waals surface area contributed by atoms with E-state index in [1.165, 1.54) is 0 Å². The summed E-state index contributed by atoms with van der Waals surface area (Å²) >= 11 is 3.32. The minimum Gasteiger partial charge on any atom is -0.467 e. The minimum atomic E-state index is -0.188. The van der Waals surface area contributed by atoms with E-state index in [4.69, 9.17) is 4.42 Å². The van der Waals surface area contributed by atoms with Gasteiger partial charge in [-0.25, -0.2) is 0 Å². The van der Waals surface area contributed by atoms with Gasteiger partial charge in [-0.1, -0.05) is 15.9 Å². The zero-order valence-corrected chi connectivity index (χ0v) is 14.7. The molecule has 2 amide bonds. The number of carbonyl (C=O) groups is 2. The van der Waals surface area contributed by atoms with E-state index in [9.17, 15) is 9.59 Å². The van der Waals surface area contributed by atoms with Crippen molar-refractivity contribution in [3.05, 3.63) is 58.5 Å². The van der Waals surface area contributed by atoms with Gasteiger partial charge in [0.1, 0.15) is 5.76 Å². The molecule has 0 bridgehead atoms.